The summed E-state index contributed by atoms with van der Waals surface area (Å²) in [6.45, 7) is 11.7. The maximum Gasteiger partial charge on any atom is 0.130 e. The van der Waals surface area contributed by atoms with E-state index >= 15 is 0 Å². The Kier molecular flexibility index (Phi) is 24.6. The van der Waals surface area contributed by atoms with Gasteiger partial charge in [-0.3, -0.25) is 0 Å². The van der Waals surface area contributed by atoms with Gasteiger partial charge in [0, 0.05) is 18.8 Å². The second kappa shape index (κ2) is 29.8. The van der Waals surface area contributed by atoms with Crippen LogP contribution in [0, 0.1) is 34.5 Å². The molecule has 3 rings (SSSR count). The van der Waals surface area contributed by atoms with E-state index in [1.54, 1.807) is 6.08 Å². The summed E-state index contributed by atoms with van der Waals surface area (Å²) >= 11 is 0. The Morgan fingerprint density at radius 1 is 0.439 bits per heavy atom. The molecule has 0 bridgehead atoms. The largest absolute Gasteiger partial charge is 0.371 e. The standard InChI is InChI=1S/C54H75N3/c1-5-9-13-17-21-51(22-18-14-10-6-2)44-57(45-52(23-19-15-11-7-3)24-20-16-12-8-4)54-39-37-49(38-40-54)32-31-47-27-25-46(26-28-47)29-30-48-33-35-50(36-34-48)41-53(42-55)43-56/h25-41,51-52H,5-24,44-45H2,1-4H3/b30-29+,32-31+. The molecule has 0 radical (unpaired) electrons. The quantitative estimate of drug-likeness (QED) is 0.0386. The van der Waals surface area contributed by atoms with Crippen LogP contribution in [0.2, 0.25) is 0 Å². The number of allylic oxidation sites excluding steroid dienone is 1. The van der Waals surface area contributed by atoms with Gasteiger partial charge in [0.25, 0.3) is 0 Å². The third-order valence-corrected chi connectivity index (χ3v) is 11.4. The second-order valence-electron chi connectivity index (χ2n) is 16.4. The third kappa shape index (κ3) is 20.1. The summed E-state index contributed by atoms with van der Waals surface area (Å²) in [6, 6.07) is 29.8. The van der Waals surface area contributed by atoms with E-state index in [0.29, 0.717) is 0 Å². The van der Waals surface area contributed by atoms with Gasteiger partial charge in [-0.25, -0.2) is 0 Å². The van der Waals surface area contributed by atoms with Crippen LogP contribution < -0.4 is 4.90 Å². The van der Waals surface area contributed by atoms with Crippen LogP contribution in [0.15, 0.2) is 78.4 Å². The van der Waals surface area contributed by atoms with E-state index in [0.717, 1.165) is 28.5 Å². The van der Waals surface area contributed by atoms with Crippen LogP contribution >= 0.6 is 0 Å². The molecule has 3 nitrogen and oxygen atoms in total. The SMILES string of the molecule is CCCCCCC(CCCCCC)CN(CC(CCCCCC)CCCCCC)c1ccc(/C=C/c2ccc(/C=C/c3ccc(C=C(C#N)C#N)cc3)cc2)cc1. The average Bonchev–Trinajstić information content (AvgIpc) is 3.24. The highest BCUT2D eigenvalue weighted by Gasteiger charge is 2.19. The molecule has 0 aliphatic heterocycles. The van der Waals surface area contributed by atoms with E-state index in [2.05, 4.69) is 105 Å². The molecule has 0 unspecified atom stereocenters. The van der Waals surface area contributed by atoms with Crippen LogP contribution in [-0.4, -0.2) is 13.1 Å². The first-order valence-electron chi connectivity index (χ1n) is 22.9. The molecule has 0 heterocycles. The summed E-state index contributed by atoms with van der Waals surface area (Å²) in [7, 11) is 0. The molecule has 0 saturated carbocycles. The molecule has 0 atom stereocenters. The number of hydrogen-bond donors (Lipinski definition) is 0. The molecule has 0 aromatic heterocycles. The zero-order chi connectivity index (χ0) is 40.8. The van der Waals surface area contributed by atoms with Crippen LogP contribution in [0.25, 0.3) is 30.4 Å². The van der Waals surface area contributed by atoms with Crippen molar-refractivity contribution in [3.63, 3.8) is 0 Å². The minimum atomic E-state index is 0.108. The van der Waals surface area contributed by atoms with E-state index < -0.39 is 0 Å². The Morgan fingerprint density at radius 2 is 0.737 bits per heavy atom. The van der Waals surface area contributed by atoms with Crippen molar-refractivity contribution in [1.29, 1.82) is 10.5 Å². The van der Waals surface area contributed by atoms with Gasteiger partial charge in [0.05, 0.1) is 0 Å². The zero-order valence-electron chi connectivity index (χ0n) is 36.4. The topological polar surface area (TPSA) is 50.8 Å². The molecular formula is C54H75N3. The summed E-state index contributed by atoms with van der Waals surface area (Å²) in [5.74, 6) is 1.54. The number of rotatable bonds is 30. The predicted octanol–water partition coefficient (Wildman–Crippen LogP) is 16.4. The van der Waals surface area contributed by atoms with Gasteiger partial charge in [0.2, 0.25) is 0 Å². The van der Waals surface area contributed by atoms with Crippen molar-refractivity contribution in [2.24, 2.45) is 11.8 Å². The number of hydrogen-bond acceptors (Lipinski definition) is 3. The van der Waals surface area contributed by atoms with Gasteiger partial charge in [-0.05, 0) is 83.5 Å². The van der Waals surface area contributed by atoms with Crippen LogP contribution in [0.3, 0.4) is 0 Å². The second-order valence-corrected chi connectivity index (χ2v) is 16.4. The maximum atomic E-state index is 9.01. The normalized spacial score (nSPS) is 11.4. The molecule has 0 aliphatic carbocycles. The molecule has 0 aliphatic rings. The lowest BCUT2D eigenvalue weighted by Gasteiger charge is -2.33. The van der Waals surface area contributed by atoms with Gasteiger partial charge in [0.15, 0.2) is 0 Å². The number of benzene rings is 3. The Morgan fingerprint density at radius 3 is 1.04 bits per heavy atom. The predicted molar refractivity (Wildman–Crippen MR) is 251 cm³/mol. The van der Waals surface area contributed by atoms with Gasteiger partial charge in [-0.15, -0.1) is 0 Å². The van der Waals surface area contributed by atoms with Crippen molar-refractivity contribution in [2.45, 2.75) is 156 Å². The number of nitrogens with zero attached hydrogens (tertiary/aromatic N) is 3. The number of anilines is 1. The summed E-state index contributed by atoms with van der Waals surface area (Å²) in [5.41, 5.74) is 6.99. The maximum absolute atomic E-state index is 9.01. The Bertz CT molecular complexity index is 1580. The van der Waals surface area contributed by atoms with Crippen LogP contribution in [0.4, 0.5) is 5.69 Å². The first-order valence-corrected chi connectivity index (χ1v) is 22.9. The minimum absolute atomic E-state index is 0.108. The fraction of sp³-hybridized carbons (Fsp3) is 0.519. The van der Waals surface area contributed by atoms with Crippen molar-refractivity contribution < 1.29 is 0 Å². The monoisotopic (exact) mass is 766 g/mol. The Hall–Kier alpha value is -4.34. The smallest absolute Gasteiger partial charge is 0.130 e. The van der Waals surface area contributed by atoms with E-state index in [-0.39, 0.29) is 5.57 Å². The summed E-state index contributed by atoms with van der Waals surface area (Å²) in [4.78, 5) is 2.82. The average molecular weight is 766 g/mol. The van der Waals surface area contributed by atoms with E-state index in [1.165, 1.54) is 158 Å². The van der Waals surface area contributed by atoms with Crippen LogP contribution in [0.5, 0.6) is 0 Å². The Labute approximate surface area is 349 Å². The molecule has 0 fully saturated rings. The van der Waals surface area contributed by atoms with Crippen molar-refractivity contribution in [3.8, 4) is 12.1 Å². The highest BCUT2D eigenvalue weighted by molar-refractivity contribution is 5.74. The van der Waals surface area contributed by atoms with Gasteiger partial charge < -0.3 is 4.90 Å². The van der Waals surface area contributed by atoms with Gasteiger partial charge in [-0.2, -0.15) is 10.5 Å². The lowest BCUT2D eigenvalue weighted by molar-refractivity contribution is 0.368. The molecule has 0 spiro atoms. The summed E-state index contributed by atoms with van der Waals surface area (Å²) in [6.07, 6.45) is 37.5. The molecule has 0 amide bonds. The fourth-order valence-electron chi connectivity index (χ4n) is 7.86. The fourth-order valence-corrected chi connectivity index (χ4v) is 7.86. The molecule has 57 heavy (non-hydrogen) atoms. The molecule has 306 valence electrons. The molecule has 3 heteroatoms. The van der Waals surface area contributed by atoms with Crippen molar-refractivity contribution in [2.75, 3.05) is 18.0 Å². The first kappa shape index (κ1) is 47.0. The molecular weight excluding hydrogens is 691 g/mol. The van der Waals surface area contributed by atoms with Crippen molar-refractivity contribution in [1.82, 2.24) is 0 Å². The molecule has 3 aromatic carbocycles. The summed E-state index contributed by atoms with van der Waals surface area (Å²) < 4.78 is 0. The van der Waals surface area contributed by atoms with Crippen LogP contribution in [-0.2, 0) is 0 Å². The zero-order valence-corrected chi connectivity index (χ0v) is 36.4. The van der Waals surface area contributed by atoms with Crippen LogP contribution in [0.1, 0.15) is 184 Å². The summed E-state index contributed by atoms with van der Waals surface area (Å²) in [5, 5.41) is 18.0. The van der Waals surface area contributed by atoms with Crippen molar-refractivity contribution >= 4 is 36.1 Å². The number of unbranched alkanes of at least 4 members (excludes halogenated alkanes) is 12. The molecule has 0 N–H and O–H groups in total. The van der Waals surface area contributed by atoms with E-state index in [4.69, 9.17) is 10.5 Å². The first-order chi connectivity index (χ1) is 28.0. The van der Waals surface area contributed by atoms with Crippen molar-refractivity contribution in [3.05, 3.63) is 106 Å². The van der Waals surface area contributed by atoms with E-state index in [9.17, 15) is 0 Å². The highest BCUT2D eigenvalue weighted by Crippen LogP contribution is 2.28. The van der Waals surface area contributed by atoms with Gasteiger partial charge in [0.1, 0.15) is 17.7 Å². The minimum Gasteiger partial charge on any atom is -0.371 e. The number of nitriles is 2. The molecule has 3 aromatic rings. The van der Waals surface area contributed by atoms with Gasteiger partial charge in [-0.1, -0.05) is 215 Å². The Balaban J connectivity index is 1.74. The lowest BCUT2D eigenvalue weighted by Crippen LogP contribution is -2.34. The third-order valence-electron chi connectivity index (χ3n) is 11.4. The lowest BCUT2D eigenvalue weighted by atomic mass is 9.91. The molecule has 0 saturated heterocycles. The van der Waals surface area contributed by atoms with E-state index in [1.807, 2.05) is 36.4 Å². The highest BCUT2D eigenvalue weighted by atomic mass is 15.1. The van der Waals surface area contributed by atoms with Gasteiger partial charge >= 0.3 is 0 Å².